The third-order valence-electron chi connectivity index (χ3n) is 4.06. The van der Waals surface area contributed by atoms with Crippen molar-refractivity contribution in [1.29, 1.82) is 0 Å². The molecule has 2 N–H and O–H groups in total. The third kappa shape index (κ3) is 4.30. The Kier molecular flexibility index (Phi) is 6.01. The molecule has 0 spiro atoms. The highest BCUT2D eigenvalue weighted by Gasteiger charge is 2.22. The summed E-state index contributed by atoms with van der Waals surface area (Å²) in [4.78, 5) is 18.0. The minimum atomic E-state index is 0.276. The summed E-state index contributed by atoms with van der Waals surface area (Å²) in [6.45, 7) is 7.38. The van der Waals surface area contributed by atoms with Crippen LogP contribution < -0.4 is 5.73 Å². The Labute approximate surface area is 125 Å². The molecule has 5 heteroatoms. The smallest absolute Gasteiger partial charge is 0.222 e. The Morgan fingerprint density at radius 1 is 1.40 bits per heavy atom. The van der Waals surface area contributed by atoms with Crippen molar-refractivity contribution in [3.8, 4) is 0 Å². The fraction of sp³-hybridized carbons (Fsp3) is 0.667. The van der Waals surface area contributed by atoms with Gasteiger partial charge in [0.05, 0.1) is 0 Å². The van der Waals surface area contributed by atoms with E-state index in [4.69, 9.17) is 5.73 Å². The number of carbonyl (C=O) groups excluding carboxylic acids is 1. The topological polar surface area (TPSA) is 49.6 Å². The van der Waals surface area contributed by atoms with Crippen molar-refractivity contribution in [2.45, 2.75) is 26.3 Å². The Morgan fingerprint density at radius 3 is 2.70 bits per heavy atom. The Bertz CT molecular complexity index is 395. The fourth-order valence-corrected chi connectivity index (χ4v) is 3.29. The molecule has 112 valence electrons. The van der Waals surface area contributed by atoms with Gasteiger partial charge in [-0.25, -0.2) is 0 Å². The highest BCUT2D eigenvalue weighted by molar-refractivity contribution is 7.09. The van der Waals surface area contributed by atoms with Gasteiger partial charge in [0.25, 0.3) is 0 Å². The minimum absolute atomic E-state index is 0.276. The first kappa shape index (κ1) is 15.5. The van der Waals surface area contributed by atoms with E-state index >= 15 is 0 Å². The molecule has 1 aliphatic rings. The highest BCUT2D eigenvalue weighted by atomic mass is 32.1. The van der Waals surface area contributed by atoms with Gasteiger partial charge in [0.2, 0.25) is 5.91 Å². The SMILES string of the molecule is CCC(CN)CC(=O)N1CCN(Cc2cccs2)CC1. The molecule has 4 nitrogen and oxygen atoms in total. The molecule has 1 aromatic rings. The van der Waals surface area contributed by atoms with Crippen molar-refractivity contribution in [1.82, 2.24) is 9.80 Å². The summed E-state index contributed by atoms with van der Waals surface area (Å²) in [6.07, 6.45) is 1.60. The van der Waals surface area contributed by atoms with Crippen molar-refractivity contribution in [2.75, 3.05) is 32.7 Å². The van der Waals surface area contributed by atoms with Gasteiger partial charge < -0.3 is 10.6 Å². The van der Waals surface area contributed by atoms with Crippen molar-refractivity contribution < 1.29 is 4.79 Å². The highest BCUT2D eigenvalue weighted by Crippen LogP contribution is 2.15. The maximum Gasteiger partial charge on any atom is 0.222 e. The number of nitrogens with zero attached hydrogens (tertiary/aromatic N) is 2. The molecule has 20 heavy (non-hydrogen) atoms. The minimum Gasteiger partial charge on any atom is -0.340 e. The van der Waals surface area contributed by atoms with E-state index < -0.39 is 0 Å². The number of hydrogen-bond acceptors (Lipinski definition) is 4. The molecule has 2 rings (SSSR count). The zero-order chi connectivity index (χ0) is 14.4. The third-order valence-corrected chi connectivity index (χ3v) is 4.92. The van der Waals surface area contributed by atoms with E-state index in [0.717, 1.165) is 39.1 Å². The molecule has 1 unspecified atom stereocenters. The van der Waals surface area contributed by atoms with Gasteiger partial charge in [-0.2, -0.15) is 0 Å². The number of amides is 1. The Balaban J connectivity index is 1.74. The van der Waals surface area contributed by atoms with E-state index in [1.165, 1.54) is 4.88 Å². The number of carbonyl (C=O) groups is 1. The molecule has 0 radical (unpaired) electrons. The molecule has 0 aliphatic carbocycles. The van der Waals surface area contributed by atoms with Gasteiger partial charge in [-0.15, -0.1) is 11.3 Å². The number of hydrogen-bond donors (Lipinski definition) is 1. The van der Waals surface area contributed by atoms with E-state index in [-0.39, 0.29) is 5.91 Å². The first-order valence-electron chi connectivity index (χ1n) is 7.45. The van der Waals surface area contributed by atoms with E-state index in [9.17, 15) is 4.79 Å². The van der Waals surface area contributed by atoms with E-state index in [1.807, 2.05) is 4.90 Å². The monoisotopic (exact) mass is 295 g/mol. The molecular formula is C15H25N3OS. The second-order valence-electron chi connectivity index (χ2n) is 5.45. The van der Waals surface area contributed by atoms with Crippen LogP contribution in [0.4, 0.5) is 0 Å². The van der Waals surface area contributed by atoms with Crippen LogP contribution in [0.5, 0.6) is 0 Å². The van der Waals surface area contributed by atoms with Crippen LogP contribution in [0.2, 0.25) is 0 Å². The first-order chi connectivity index (χ1) is 9.72. The zero-order valence-corrected chi connectivity index (χ0v) is 13.1. The average Bonchev–Trinajstić information content (AvgIpc) is 2.98. The molecule has 0 aromatic carbocycles. The van der Waals surface area contributed by atoms with Crippen LogP contribution in [-0.4, -0.2) is 48.4 Å². The van der Waals surface area contributed by atoms with Gasteiger partial charge in [-0.1, -0.05) is 19.4 Å². The van der Waals surface area contributed by atoms with Crippen LogP contribution in [0.15, 0.2) is 17.5 Å². The van der Waals surface area contributed by atoms with Crippen LogP contribution in [0.3, 0.4) is 0 Å². The summed E-state index contributed by atoms with van der Waals surface area (Å²) in [6, 6.07) is 4.27. The number of rotatable bonds is 6. The van der Waals surface area contributed by atoms with E-state index in [1.54, 1.807) is 11.3 Å². The normalized spacial score (nSPS) is 18.2. The van der Waals surface area contributed by atoms with Crippen molar-refractivity contribution >= 4 is 17.2 Å². The van der Waals surface area contributed by atoms with E-state index in [0.29, 0.717) is 18.9 Å². The predicted molar refractivity (Wildman–Crippen MR) is 83.6 cm³/mol. The summed E-state index contributed by atoms with van der Waals surface area (Å²) >= 11 is 1.80. The van der Waals surface area contributed by atoms with Crippen LogP contribution in [0.1, 0.15) is 24.6 Å². The molecule has 2 heterocycles. The van der Waals surface area contributed by atoms with Crippen molar-refractivity contribution in [3.05, 3.63) is 22.4 Å². The second kappa shape index (κ2) is 7.76. The lowest BCUT2D eigenvalue weighted by atomic mass is 10.0. The lowest BCUT2D eigenvalue weighted by molar-refractivity contribution is -0.134. The van der Waals surface area contributed by atoms with Gasteiger partial charge in [0.1, 0.15) is 0 Å². The number of thiophene rings is 1. The number of nitrogens with two attached hydrogens (primary N) is 1. The maximum atomic E-state index is 12.2. The quantitative estimate of drug-likeness (QED) is 0.870. The van der Waals surface area contributed by atoms with Crippen LogP contribution in [-0.2, 0) is 11.3 Å². The van der Waals surface area contributed by atoms with Gasteiger partial charge >= 0.3 is 0 Å². The molecule has 1 aliphatic heterocycles. The summed E-state index contributed by atoms with van der Waals surface area (Å²) in [5.41, 5.74) is 5.68. The summed E-state index contributed by atoms with van der Waals surface area (Å²) in [7, 11) is 0. The second-order valence-corrected chi connectivity index (χ2v) is 6.48. The molecular weight excluding hydrogens is 270 g/mol. The van der Waals surface area contributed by atoms with Gasteiger partial charge in [0.15, 0.2) is 0 Å². The molecule has 0 saturated carbocycles. The van der Waals surface area contributed by atoms with Gasteiger partial charge in [-0.3, -0.25) is 9.69 Å². The molecule has 1 aromatic heterocycles. The fourth-order valence-electron chi connectivity index (χ4n) is 2.55. The van der Waals surface area contributed by atoms with Crippen LogP contribution in [0.25, 0.3) is 0 Å². The largest absolute Gasteiger partial charge is 0.340 e. The average molecular weight is 295 g/mol. The van der Waals surface area contributed by atoms with Crippen LogP contribution >= 0.6 is 11.3 Å². The lowest BCUT2D eigenvalue weighted by Gasteiger charge is -2.35. The molecule has 0 bridgehead atoms. The zero-order valence-electron chi connectivity index (χ0n) is 12.3. The molecule has 1 fully saturated rings. The molecule has 1 atom stereocenters. The maximum absolute atomic E-state index is 12.2. The summed E-state index contributed by atoms with van der Waals surface area (Å²) < 4.78 is 0. The standard InChI is InChI=1S/C15H25N3OS/c1-2-13(11-16)10-15(19)18-7-5-17(6-8-18)12-14-4-3-9-20-14/h3-4,9,13H,2,5-8,10-12,16H2,1H3. The first-order valence-corrected chi connectivity index (χ1v) is 8.33. The van der Waals surface area contributed by atoms with Crippen molar-refractivity contribution in [2.24, 2.45) is 11.7 Å². The van der Waals surface area contributed by atoms with Crippen LogP contribution in [0, 0.1) is 5.92 Å². The van der Waals surface area contributed by atoms with Gasteiger partial charge in [-0.05, 0) is 23.9 Å². The van der Waals surface area contributed by atoms with Gasteiger partial charge in [0, 0.05) is 44.0 Å². The molecule has 1 saturated heterocycles. The number of piperazine rings is 1. The van der Waals surface area contributed by atoms with Crippen molar-refractivity contribution in [3.63, 3.8) is 0 Å². The summed E-state index contributed by atoms with van der Waals surface area (Å²) in [5, 5.41) is 2.12. The summed E-state index contributed by atoms with van der Waals surface area (Å²) in [5.74, 6) is 0.615. The Hall–Kier alpha value is -0.910. The van der Waals surface area contributed by atoms with E-state index in [2.05, 4.69) is 29.3 Å². The lowest BCUT2D eigenvalue weighted by Crippen LogP contribution is -2.48. The molecule has 1 amide bonds. The Morgan fingerprint density at radius 2 is 2.15 bits per heavy atom. The predicted octanol–water partition coefficient (Wildman–Crippen LogP) is 1.77.